The summed E-state index contributed by atoms with van der Waals surface area (Å²) >= 11 is 0. The van der Waals surface area contributed by atoms with Crippen LogP contribution in [-0.2, 0) is 16.1 Å². The second kappa shape index (κ2) is 7.46. The Morgan fingerprint density at radius 2 is 1.91 bits per heavy atom. The monoisotopic (exact) mass is 322 g/mol. The zero-order chi connectivity index (χ0) is 17.8. The number of hydrogen-bond donors (Lipinski definition) is 1. The summed E-state index contributed by atoms with van der Waals surface area (Å²) < 4.78 is 5.29. The van der Waals surface area contributed by atoms with Crippen LogP contribution < -0.4 is 0 Å². The SMILES string of the molecule is CN(C)Cc1cc(C(C=O)N(C)C(=O)OC(C)(C)C)ccc1O. The highest BCUT2D eigenvalue weighted by Crippen LogP contribution is 2.26. The average Bonchev–Trinajstić information content (AvgIpc) is 2.40. The van der Waals surface area contributed by atoms with Crippen LogP contribution in [0.15, 0.2) is 18.2 Å². The number of ether oxygens (including phenoxy) is 1. The maximum atomic E-state index is 12.1. The number of phenolic OH excluding ortho intramolecular Hbond substituents is 1. The van der Waals surface area contributed by atoms with Gasteiger partial charge >= 0.3 is 6.09 Å². The van der Waals surface area contributed by atoms with E-state index in [9.17, 15) is 14.7 Å². The standard InChI is InChI=1S/C17H26N2O4/c1-17(2,3)23-16(22)19(6)14(11-20)12-7-8-15(21)13(9-12)10-18(4)5/h7-9,11,14,21H,10H2,1-6H3. The summed E-state index contributed by atoms with van der Waals surface area (Å²) in [6, 6.07) is 4.13. The number of amides is 1. The third kappa shape index (κ3) is 5.56. The van der Waals surface area contributed by atoms with E-state index in [-0.39, 0.29) is 5.75 Å². The Bertz CT molecular complexity index is 564. The Hall–Kier alpha value is -2.08. The van der Waals surface area contributed by atoms with Gasteiger partial charge in [-0.25, -0.2) is 4.79 Å². The molecular weight excluding hydrogens is 296 g/mol. The van der Waals surface area contributed by atoms with Gasteiger partial charge in [0.1, 0.15) is 23.7 Å². The molecule has 1 N–H and O–H groups in total. The summed E-state index contributed by atoms with van der Waals surface area (Å²) in [6.45, 7) is 5.83. The van der Waals surface area contributed by atoms with E-state index in [1.54, 1.807) is 32.9 Å². The number of carbonyl (C=O) groups excluding carboxylic acids is 2. The fourth-order valence-electron chi connectivity index (χ4n) is 2.10. The molecule has 0 aliphatic heterocycles. The summed E-state index contributed by atoms with van der Waals surface area (Å²) in [4.78, 5) is 26.8. The van der Waals surface area contributed by atoms with Crippen molar-refractivity contribution in [2.24, 2.45) is 0 Å². The Labute approximate surface area is 137 Å². The molecule has 0 heterocycles. The Kier molecular flexibility index (Phi) is 6.15. The van der Waals surface area contributed by atoms with E-state index in [1.807, 2.05) is 19.0 Å². The van der Waals surface area contributed by atoms with Gasteiger partial charge < -0.3 is 19.5 Å². The third-order valence-electron chi connectivity index (χ3n) is 3.16. The van der Waals surface area contributed by atoms with Crippen molar-refractivity contribution < 1.29 is 19.4 Å². The molecule has 128 valence electrons. The smallest absolute Gasteiger partial charge is 0.410 e. The van der Waals surface area contributed by atoms with Crippen molar-refractivity contribution in [3.8, 4) is 5.75 Å². The number of phenols is 1. The molecule has 0 bridgehead atoms. The van der Waals surface area contributed by atoms with Crippen LogP contribution in [0.1, 0.15) is 37.9 Å². The van der Waals surface area contributed by atoms with Crippen LogP contribution in [0.4, 0.5) is 4.79 Å². The van der Waals surface area contributed by atoms with Gasteiger partial charge in [0.2, 0.25) is 0 Å². The van der Waals surface area contributed by atoms with Gasteiger partial charge in [0.25, 0.3) is 0 Å². The van der Waals surface area contributed by atoms with Crippen molar-refractivity contribution >= 4 is 12.4 Å². The van der Waals surface area contributed by atoms with Crippen LogP contribution in [0.5, 0.6) is 5.75 Å². The summed E-state index contributed by atoms with van der Waals surface area (Å²) in [5.41, 5.74) is 0.684. The Morgan fingerprint density at radius 3 is 2.39 bits per heavy atom. The second-order valence-electron chi connectivity index (χ2n) is 6.80. The predicted octanol–water partition coefficient (Wildman–Crippen LogP) is 2.56. The molecule has 0 saturated carbocycles. The maximum Gasteiger partial charge on any atom is 0.410 e. The van der Waals surface area contributed by atoms with Crippen LogP contribution in [0, 0.1) is 0 Å². The number of hydrogen-bond acceptors (Lipinski definition) is 5. The number of likely N-dealkylation sites (N-methyl/N-ethyl adjacent to an activating group) is 1. The van der Waals surface area contributed by atoms with Crippen molar-refractivity contribution in [1.82, 2.24) is 9.80 Å². The first-order valence-electron chi connectivity index (χ1n) is 7.42. The third-order valence-corrected chi connectivity index (χ3v) is 3.16. The molecule has 0 spiro atoms. The summed E-state index contributed by atoms with van der Waals surface area (Å²) in [5, 5.41) is 9.92. The molecule has 0 fully saturated rings. The van der Waals surface area contributed by atoms with Crippen LogP contribution in [0.25, 0.3) is 0 Å². The molecule has 1 aromatic carbocycles. The van der Waals surface area contributed by atoms with Gasteiger partial charge in [-0.15, -0.1) is 0 Å². The number of carbonyl (C=O) groups is 2. The van der Waals surface area contributed by atoms with Crippen molar-refractivity contribution in [2.75, 3.05) is 21.1 Å². The molecule has 0 aliphatic rings. The minimum Gasteiger partial charge on any atom is -0.508 e. The molecule has 1 rings (SSSR count). The Balaban J connectivity index is 3.05. The molecule has 0 radical (unpaired) electrons. The fraction of sp³-hybridized carbons (Fsp3) is 0.529. The van der Waals surface area contributed by atoms with Crippen LogP contribution in [-0.4, -0.2) is 54.0 Å². The predicted molar refractivity (Wildman–Crippen MR) is 88.3 cm³/mol. The van der Waals surface area contributed by atoms with Crippen molar-refractivity contribution in [1.29, 1.82) is 0 Å². The summed E-state index contributed by atoms with van der Waals surface area (Å²) in [5.74, 6) is 0.159. The lowest BCUT2D eigenvalue weighted by atomic mass is 10.0. The molecule has 1 unspecified atom stereocenters. The molecule has 6 nitrogen and oxygen atoms in total. The first kappa shape index (κ1) is 19.0. The number of aromatic hydroxyl groups is 1. The van der Waals surface area contributed by atoms with Gasteiger partial charge in [0, 0.05) is 19.2 Å². The number of aldehydes is 1. The quantitative estimate of drug-likeness (QED) is 0.844. The van der Waals surface area contributed by atoms with Crippen molar-refractivity contribution in [3.05, 3.63) is 29.3 Å². The molecule has 1 amide bonds. The molecule has 0 aromatic heterocycles. The topological polar surface area (TPSA) is 70.1 Å². The number of rotatable bonds is 5. The van der Waals surface area contributed by atoms with E-state index >= 15 is 0 Å². The second-order valence-corrected chi connectivity index (χ2v) is 6.80. The molecule has 1 atom stereocenters. The first-order chi connectivity index (χ1) is 10.5. The van der Waals surface area contributed by atoms with Gasteiger partial charge in [-0.1, -0.05) is 6.07 Å². The Morgan fingerprint density at radius 1 is 1.30 bits per heavy atom. The van der Waals surface area contributed by atoms with E-state index in [0.717, 1.165) is 0 Å². The largest absolute Gasteiger partial charge is 0.508 e. The van der Waals surface area contributed by atoms with E-state index in [1.165, 1.54) is 18.0 Å². The highest BCUT2D eigenvalue weighted by Gasteiger charge is 2.26. The molecule has 6 heteroatoms. The van der Waals surface area contributed by atoms with E-state index < -0.39 is 17.7 Å². The van der Waals surface area contributed by atoms with Gasteiger partial charge in [-0.3, -0.25) is 4.90 Å². The molecule has 1 aromatic rings. The first-order valence-corrected chi connectivity index (χ1v) is 7.42. The normalized spacial score (nSPS) is 12.8. The number of nitrogens with zero attached hydrogens (tertiary/aromatic N) is 2. The lowest BCUT2D eigenvalue weighted by Gasteiger charge is -2.28. The zero-order valence-corrected chi connectivity index (χ0v) is 14.7. The van der Waals surface area contributed by atoms with E-state index in [0.29, 0.717) is 24.0 Å². The molecule has 0 saturated heterocycles. The zero-order valence-electron chi connectivity index (χ0n) is 14.7. The van der Waals surface area contributed by atoms with Crippen LogP contribution >= 0.6 is 0 Å². The minimum absolute atomic E-state index is 0.159. The lowest BCUT2D eigenvalue weighted by molar-refractivity contribution is -0.112. The average molecular weight is 322 g/mol. The van der Waals surface area contributed by atoms with Crippen molar-refractivity contribution in [2.45, 2.75) is 39.0 Å². The van der Waals surface area contributed by atoms with Crippen LogP contribution in [0.3, 0.4) is 0 Å². The van der Waals surface area contributed by atoms with Crippen molar-refractivity contribution in [3.63, 3.8) is 0 Å². The maximum absolute atomic E-state index is 12.1. The van der Waals surface area contributed by atoms with Gasteiger partial charge in [0.15, 0.2) is 0 Å². The molecule has 0 aliphatic carbocycles. The molecule has 23 heavy (non-hydrogen) atoms. The minimum atomic E-state index is -0.772. The van der Waals surface area contributed by atoms with E-state index in [2.05, 4.69) is 0 Å². The van der Waals surface area contributed by atoms with Gasteiger partial charge in [0.05, 0.1) is 0 Å². The summed E-state index contributed by atoms with van der Waals surface area (Å²) in [7, 11) is 5.29. The number of benzene rings is 1. The highest BCUT2D eigenvalue weighted by atomic mass is 16.6. The van der Waals surface area contributed by atoms with E-state index in [4.69, 9.17) is 4.74 Å². The lowest BCUT2D eigenvalue weighted by Crippen LogP contribution is -2.37. The highest BCUT2D eigenvalue weighted by molar-refractivity contribution is 5.74. The van der Waals surface area contributed by atoms with Crippen LogP contribution in [0.2, 0.25) is 0 Å². The van der Waals surface area contributed by atoms with Gasteiger partial charge in [-0.2, -0.15) is 0 Å². The molecular formula is C17H26N2O4. The fourth-order valence-corrected chi connectivity index (χ4v) is 2.10. The summed E-state index contributed by atoms with van der Waals surface area (Å²) in [6.07, 6.45) is 0.118. The van der Waals surface area contributed by atoms with Gasteiger partial charge in [-0.05, 0) is 52.6 Å².